The van der Waals surface area contributed by atoms with E-state index in [0.717, 1.165) is 38.3 Å². The number of carbonyl (C=O) groups is 1. The quantitative estimate of drug-likeness (QED) is 0.898. The van der Waals surface area contributed by atoms with Gasteiger partial charge in [-0.25, -0.2) is 0 Å². The second-order valence-electron chi connectivity index (χ2n) is 6.54. The Hall–Kier alpha value is -1.55. The van der Waals surface area contributed by atoms with Crippen LogP contribution >= 0.6 is 0 Å². The summed E-state index contributed by atoms with van der Waals surface area (Å²) in [4.78, 5) is 14.8. The summed E-state index contributed by atoms with van der Waals surface area (Å²) in [5.74, 6) is 0.123. The maximum atomic E-state index is 12.4. The van der Waals surface area contributed by atoms with Crippen molar-refractivity contribution in [1.82, 2.24) is 5.32 Å². The molecule has 1 aromatic rings. The number of piperidine rings is 1. The molecule has 2 N–H and O–H groups in total. The Morgan fingerprint density at radius 1 is 1.19 bits per heavy atom. The van der Waals surface area contributed by atoms with Crippen molar-refractivity contribution in [2.75, 3.05) is 36.4 Å². The first-order chi connectivity index (χ1) is 10.2. The molecule has 0 saturated carbocycles. The molecule has 4 heteroatoms. The summed E-state index contributed by atoms with van der Waals surface area (Å²) < 4.78 is 0. The van der Waals surface area contributed by atoms with E-state index >= 15 is 0 Å². The lowest BCUT2D eigenvalue weighted by Crippen LogP contribution is -2.35. The predicted octanol–water partition coefficient (Wildman–Crippen LogP) is 2.62. The summed E-state index contributed by atoms with van der Waals surface area (Å²) in [6.45, 7) is 6.03. The van der Waals surface area contributed by atoms with E-state index in [9.17, 15) is 4.79 Å². The van der Waals surface area contributed by atoms with E-state index in [1.54, 1.807) is 0 Å². The van der Waals surface area contributed by atoms with Crippen molar-refractivity contribution in [2.24, 2.45) is 5.41 Å². The molecule has 0 aliphatic carbocycles. The van der Waals surface area contributed by atoms with Crippen LogP contribution in [0.25, 0.3) is 0 Å². The first-order valence-corrected chi connectivity index (χ1v) is 8.05. The molecular weight excluding hydrogens is 262 g/mol. The normalized spacial score (nSPS) is 25.9. The number of carbonyl (C=O) groups excluding carboxylic acids is 1. The van der Waals surface area contributed by atoms with E-state index in [1.165, 1.54) is 24.9 Å². The molecule has 2 fully saturated rings. The van der Waals surface area contributed by atoms with Gasteiger partial charge in [-0.05, 0) is 63.4 Å². The fraction of sp³-hybridized carbons (Fsp3) is 0.588. The Balaban J connectivity index is 1.62. The summed E-state index contributed by atoms with van der Waals surface area (Å²) in [5.41, 5.74) is 1.89. The molecule has 0 radical (unpaired) electrons. The molecule has 4 nitrogen and oxygen atoms in total. The zero-order valence-electron chi connectivity index (χ0n) is 12.8. The van der Waals surface area contributed by atoms with Crippen molar-refractivity contribution in [3.63, 3.8) is 0 Å². The standard InChI is InChI=1S/C17H25N3O/c1-17(9-10-18-13-17)16(21)19-14-5-7-15(8-6-14)20-11-3-2-4-12-20/h5-8,18H,2-4,9-13H2,1H3,(H,19,21). The average Bonchev–Trinajstić information content (AvgIpc) is 2.97. The molecule has 3 rings (SSSR count). The van der Waals surface area contributed by atoms with Gasteiger partial charge in [0.15, 0.2) is 0 Å². The van der Waals surface area contributed by atoms with Gasteiger partial charge in [0.2, 0.25) is 5.91 Å². The largest absolute Gasteiger partial charge is 0.372 e. The van der Waals surface area contributed by atoms with Crippen LogP contribution in [0.5, 0.6) is 0 Å². The van der Waals surface area contributed by atoms with Crippen molar-refractivity contribution >= 4 is 17.3 Å². The van der Waals surface area contributed by atoms with Crippen molar-refractivity contribution < 1.29 is 4.79 Å². The van der Waals surface area contributed by atoms with Gasteiger partial charge >= 0.3 is 0 Å². The molecule has 0 aromatic heterocycles. The van der Waals surface area contributed by atoms with Crippen LogP contribution in [0.1, 0.15) is 32.6 Å². The van der Waals surface area contributed by atoms with Crippen LogP contribution in [0.4, 0.5) is 11.4 Å². The summed E-state index contributed by atoms with van der Waals surface area (Å²) in [7, 11) is 0. The molecule has 0 spiro atoms. The number of nitrogens with zero attached hydrogens (tertiary/aromatic N) is 1. The topological polar surface area (TPSA) is 44.4 Å². The van der Waals surface area contributed by atoms with Crippen molar-refractivity contribution in [3.05, 3.63) is 24.3 Å². The number of anilines is 2. The lowest BCUT2D eigenvalue weighted by atomic mass is 9.89. The van der Waals surface area contributed by atoms with Crippen LogP contribution in [0.15, 0.2) is 24.3 Å². The van der Waals surface area contributed by atoms with Gasteiger partial charge in [0.1, 0.15) is 0 Å². The maximum Gasteiger partial charge on any atom is 0.231 e. The molecular formula is C17H25N3O. The Labute approximate surface area is 126 Å². The molecule has 21 heavy (non-hydrogen) atoms. The van der Waals surface area contributed by atoms with Gasteiger partial charge in [-0.15, -0.1) is 0 Å². The van der Waals surface area contributed by atoms with E-state index < -0.39 is 0 Å². The molecule has 1 aromatic carbocycles. The zero-order valence-corrected chi connectivity index (χ0v) is 12.8. The number of hydrogen-bond acceptors (Lipinski definition) is 3. The number of hydrogen-bond donors (Lipinski definition) is 2. The molecule has 0 bridgehead atoms. The minimum atomic E-state index is -0.272. The molecule has 114 valence electrons. The zero-order chi connectivity index (χ0) is 14.7. The highest BCUT2D eigenvalue weighted by molar-refractivity contribution is 5.95. The molecule has 1 amide bonds. The second kappa shape index (κ2) is 6.06. The lowest BCUT2D eigenvalue weighted by molar-refractivity contribution is -0.123. The third kappa shape index (κ3) is 3.21. The van der Waals surface area contributed by atoms with Gasteiger partial charge in [-0.1, -0.05) is 0 Å². The van der Waals surface area contributed by atoms with E-state index in [0.29, 0.717) is 0 Å². The minimum Gasteiger partial charge on any atom is -0.372 e. The van der Waals surface area contributed by atoms with Gasteiger partial charge in [0.25, 0.3) is 0 Å². The smallest absolute Gasteiger partial charge is 0.231 e. The van der Waals surface area contributed by atoms with Gasteiger partial charge in [-0.2, -0.15) is 0 Å². The lowest BCUT2D eigenvalue weighted by Gasteiger charge is -2.29. The van der Waals surface area contributed by atoms with E-state index in [4.69, 9.17) is 0 Å². The summed E-state index contributed by atoms with van der Waals surface area (Å²) in [6, 6.07) is 8.29. The van der Waals surface area contributed by atoms with Crippen molar-refractivity contribution in [1.29, 1.82) is 0 Å². The van der Waals surface area contributed by atoms with Crippen LogP contribution in [-0.4, -0.2) is 32.1 Å². The highest BCUT2D eigenvalue weighted by atomic mass is 16.2. The summed E-state index contributed by atoms with van der Waals surface area (Å²) >= 11 is 0. The van der Waals surface area contributed by atoms with Gasteiger partial charge < -0.3 is 15.5 Å². The van der Waals surface area contributed by atoms with Crippen LogP contribution in [0, 0.1) is 5.41 Å². The molecule has 1 atom stereocenters. The summed E-state index contributed by atoms with van der Waals surface area (Å²) in [5, 5.41) is 6.32. The summed E-state index contributed by atoms with van der Waals surface area (Å²) in [6.07, 6.45) is 4.82. The first-order valence-electron chi connectivity index (χ1n) is 8.05. The van der Waals surface area contributed by atoms with Crippen LogP contribution in [0.2, 0.25) is 0 Å². The Morgan fingerprint density at radius 3 is 2.52 bits per heavy atom. The third-order valence-electron chi connectivity index (χ3n) is 4.76. The second-order valence-corrected chi connectivity index (χ2v) is 6.54. The molecule has 2 heterocycles. The highest BCUT2D eigenvalue weighted by Crippen LogP contribution is 2.27. The van der Waals surface area contributed by atoms with Crippen LogP contribution < -0.4 is 15.5 Å². The average molecular weight is 287 g/mol. The van der Waals surface area contributed by atoms with Crippen molar-refractivity contribution in [2.45, 2.75) is 32.6 Å². The van der Waals surface area contributed by atoms with Gasteiger partial charge in [0.05, 0.1) is 5.41 Å². The third-order valence-corrected chi connectivity index (χ3v) is 4.76. The number of rotatable bonds is 3. The Morgan fingerprint density at radius 2 is 1.90 bits per heavy atom. The Kier molecular flexibility index (Phi) is 4.15. The van der Waals surface area contributed by atoms with E-state index in [2.05, 4.69) is 27.7 Å². The van der Waals surface area contributed by atoms with Gasteiger partial charge in [-0.3, -0.25) is 4.79 Å². The molecule has 2 aliphatic rings. The first kappa shape index (κ1) is 14.4. The fourth-order valence-corrected chi connectivity index (χ4v) is 3.20. The van der Waals surface area contributed by atoms with Crippen LogP contribution in [0.3, 0.4) is 0 Å². The fourth-order valence-electron chi connectivity index (χ4n) is 3.20. The molecule has 2 aliphatic heterocycles. The number of benzene rings is 1. The number of nitrogens with one attached hydrogen (secondary N) is 2. The SMILES string of the molecule is CC1(C(=O)Nc2ccc(N3CCCCC3)cc2)CCNC1. The predicted molar refractivity (Wildman–Crippen MR) is 86.7 cm³/mol. The molecule has 2 saturated heterocycles. The maximum absolute atomic E-state index is 12.4. The van der Waals surface area contributed by atoms with Gasteiger partial charge in [0, 0.05) is 31.0 Å². The Bertz CT molecular complexity index is 485. The molecule has 1 unspecified atom stereocenters. The number of amides is 1. The van der Waals surface area contributed by atoms with Crippen LogP contribution in [-0.2, 0) is 4.79 Å². The van der Waals surface area contributed by atoms with Crippen molar-refractivity contribution in [3.8, 4) is 0 Å². The van der Waals surface area contributed by atoms with E-state index in [1.807, 2.05) is 19.1 Å². The monoisotopic (exact) mass is 287 g/mol. The van der Waals surface area contributed by atoms with E-state index in [-0.39, 0.29) is 11.3 Å². The minimum absolute atomic E-state index is 0.123. The highest BCUT2D eigenvalue weighted by Gasteiger charge is 2.36.